The molecule has 2 amide bonds. The van der Waals surface area contributed by atoms with Crippen molar-refractivity contribution in [2.75, 3.05) is 33.3 Å². The molecule has 0 spiro atoms. The van der Waals surface area contributed by atoms with Crippen LogP contribution in [0.15, 0.2) is 24.3 Å². The highest BCUT2D eigenvalue weighted by atomic mass is 16.5. The Morgan fingerprint density at radius 3 is 2.12 bits per heavy atom. The number of hydrogen-bond acceptors (Lipinski definition) is 4. The number of methoxy groups -OCH3 is 1. The van der Waals surface area contributed by atoms with Crippen LogP contribution >= 0.6 is 0 Å². The average Bonchev–Trinajstić information content (AvgIpc) is 2.58. The van der Waals surface area contributed by atoms with Gasteiger partial charge in [0.15, 0.2) is 0 Å². The Bertz CT molecular complexity index is 612. The predicted octanol–water partition coefficient (Wildman–Crippen LogP) is -0.00400. The van der Waals surface area contributed by atoms with Crippen LogP contribution in [-0.4, -0.2) is 50.0 Å². The number of para-hydroxylation sites is 1. The van der Waals surface area contributed by atoms with Gasteiger partial charge in [-0.15, -0.1) is 12.8 Å². The van der Waals surface area contributed by atoms with Crippen LogP contribution in [-0.2, 0) is 16.1 Å². The lowest BCUT2D eigenvalue weighted by molar-refractivity contribution is -0.125. The van der Waals surface area contributed by atoms with Crippen LogP contribution in [0.2, 0.25) is 0 Å². The smallest absolute Gasteiger partial charge is 0.234 e. The van der Waals surface area contributed by atoms with Gasteiger partial charge in [-0.1, -0.05) is 30.0 Å². The second-order valence-corrected chi connectivity index (χ2v) is 4.92. The van der Waals surface area contributed by atoms with Gasteiger partial charge in [0.1, 0.15) is 5.75 Å². The molecule has 0 radical (unpaired) electrons. The molecule has 126 valence electrons. The van der Waals surface area contributed by atoms with Gasteiger partial charge in [0, 0.05) is 12.1 Å². The van der Waals surface area contributed by atoms with E-state index in [1.54, 1.807) is 12.0 Å². The molecular formula is C18H21N3O3. The van der Waals surface area contributed by atoms with Crippen LogP contribution in [0.5, 0.6) is 5.75 Å². The molecule has 6 heteroatoms. The van der Waals surface area contributed by atoms with Crippen molar-refractivity contribution < 1.29 is 14.3 Å². The van der Waals surface area contributed by atoms with Crippen molar-refractivity contribution >= 4 is 11.8 Å². The Balaban J connectivity index is 2.79. The van der Waals surface area contributed by atoms with Gasteiger partial charge in [0.2, 0.25) is 11.8 Å². The normalized spacial score (nSPS) is 9.67. The van der Waals surface area contributed by atoms with E-state index in [-0.39, 0.29) is 38.0 Å². The molecule has 0 aliphatic heterocycles. The van der Waals surface area contributed by atoms with Crippen LogP contribution in [0.1, 0.15) is 5.56 Å². The number of carbonyl (C=O) groups is 2. The molecule has 1 rings (SSSR count). The molecule has 0 bridgehead atoms. The number of terminal acetylenes is 2. The lowest BCUT2D eigenvalue weighted by Crippen LogP contribution is -2.42. The minimum absolute atomic E-state index is 0.0310. The summed E-state index contributed by atoms with van der Waals surface area (Å²) in [5.74, 6) is 4.85. The highest BCUT2D eigenvalue weighted by Crippen LogP contribution is 2.19. The number of hydrogen-bond donors (Lipinski definition) is 2. The third-order valence-corrected chi connectivity index (χ3v) is 3.10. The van der Waals surface area contributed by atoms with Crippen LogP contribution in [0, 0.1) is 24.7 Å². The van der Waals surface area contributed by atoms with Gasteiger partial charge in [0.25, 0.3) is 0 Å². The molecule has 0 saturated carbocycles. The second kappa shape index (κ2) is 10.7. The molecule has 2 N–H and O–H groups in total. The van der Waals surface area contributed by atoms with E-state index >= 15 is 0 Å². The number of nitrogens with one attached hydrogen (secondary N) is 2. The van der Waals surface area contributed by atoms with E-state index < -0.39 is 0 Å². The summed E-state index contributed by atoms with van der Waals surface area (Å²) < 4.78 is 5.31. The summed E-state index contributed by atoms with van der Waals surface area (Å²) in [5, 5.41) is 5.16. The van der Waals surface area contributed by atoms with E-state index in [4.69, 9.17) is 17.6 Å². The minimum Gasteiger partial charge on any atom is -0.496 e. The molecule has 6 nitrogen and oxygen atoms in total. The topological polar surface area (TPSA) is 70.7 Å². The van der Waals surface area contributed by atoms with E-state index in [1.165, 1.54) is 0 Å². The maximum absolute atomic E-state index is 11.9. The van der Waals surface area contributed by atoms with Crippen molar-refractivity contribution in [3.8, 4) is 30.4 Å². The first-order valence-electron chi connectivity index (χ1n) is 7.35. The van der Waals surface area contributed by atoms with Gasteiger partial charge in [-0.05, 0) is 6.07 Å². The zero-order chi connectivity index (χ0) is 17.8. The summed E-state index contributed by atoms with van der Waals surface area (Å²) in [5.41, 5.74) is 0.870. The number of amides is 2. The maximum atomic E-state index is 11.9. The number of benzene rings is 1. The van der Waals surface area contributed by atoms with E-state index in [2.05, 4.69) is 22.5 Å². The minimum atomic E-state index is -0.257. The molecule has 1 aromatic carbocycles. The standard InChI is InChI=1S/C18H21N3O3/c1-4-10-19-17(22)13-21(14-18(23)20-11-5-2)12-15-8-6-7-9-16(15)24-3/h1-2,6-9H,10-14H2,3H3,(H,19,22)(H,20,23). The number of ether oxygens (including phenoxy) is 1. The van der Waals surface area contributed by atoms with Gasteiger partial charge in [-0.25, -0.2) is 0 Å². The zero-order valence-electron chi connectivity index (χ0n) is 13.7. The molecule has 0 aliphatic carbocycles. The van der Waals surface area contributed by atoms with E-state index in [1.807, 2.05) is 24.3 Å². The van der Waals surface area contributed by atoms with Crippen molar-refractivity contribution in [2.45, 2.75) is 6.54 Å². The maximum Gasteiger partial charge on any atom is 0.234 e. The molecule has 0 aromatic heterocycles. The molecular weight excluding hydrogens is 306 g/mol. The monoisotopic (exact) mass is 327 g/mol. The van der Waals surface area contributed by atoms with Crippen LogP contribution < -0.4 is 15.4 Å². The fourth-order valence-electron chi connectivity index (χ4n) is 2.06. The number of carbonyl (C=O) groups excluding carboxylic acids is 2. The van der Waals surface area contributed by atoms with E-state index in [0.29, 0.717) is 12.3 Å². The molecule has 0 unspecified atom stereocenters. The molecule has 1 aromatic rings. The first kappa shape index (κ1) is 19.1. The van der Waals surface area contributed by atoms with Gasteiger partial charge >= 0.3 is 0 Å². The highest BCUT2D eigenvalue weighted by Gasteiger charge is 2.16. The van der Waals surface area contributed by atoms with Crippen molar-refractivity contribution in [1.82, 2.24) is 15.5 Å². The summed E-state index contributed by atoms with van der Waals surface area (Å²) in [6, 6.07) is 7.42. The van der Waals surface area contributed by atoms with Crippen molar-refractivity contribution in [2.24, 2.45) is 0 Å². The lowest BCUT2D eigenvalue weighted by Gasteiger charge is -2.22. The fraction of sp³-hybridized carbons (Fsp3) is 0.333. The van der Waals surface area contributed by atoms with E-state index in [9.17, 15) is 9.59 Å². The van der Waals surface area contributed by atoms with Gasteiger partial charge in [-0.2, -0.15) is 0 Å². The van der Waals surface area contributed by atoms with Crippen molar-refractivity contribution in [3.63, 3.8) is 0 Å². The van der Waals surface area contributed by atoms with Gasteiger partial charge < -0.3 is 15.4 Å². The van der Waals surface area contributed by atoms with E-state index in [0.717, 1.165) is 5.56 Å². The summed E-state index contributed by atoms with van der Waals surface area (Å²) in [6.45, 7) is 0.721. The number of nitrogens with zero attached hydrogens (tertiary/aromatic N) is 1. The Kier molecular flexibility index (Phi) is 8.52. The highest BCUT2D eigenvalue weighted by molar-refractivity contribution is 5.81. The van der Waals surface area contributed by atoms with Gasteiger partial charge in [0.05, 0.1) is 33.3 Å². The Morgan fingerprint density at radius 1 is 1.08 bits per heavy atom. The summed E-state index contributed by atoms with van der Waals surface area (Å²) in [7, 11) is 1.57. The van der Waals surface area contributed by atoms with Crippen LogP contribution in [0.3, 0.4) is 0 Å². The Hall–Kier alpha value is -2.96. The zero-order valence-corrected chi connectivity index (χ0v) is 13.7. The molecule has 0 fully saturated rings. The third-order valence-electron chi connectivity index (χ3n) is 3.10. The fourth-order valence-corrected chi connectivity index (χ4v) is 2.06. The Labute approximate surface area is 142 Å². The first-order chi connectivity index (χ1) is 11.6. The van der Waals surface area contributed by atoms with Crippen molar-refractivity contribution in [3.05, 3.63) is 29.8 Å². The summed E-state index contributed by atoms with van der Waals surface area (Å²) in [4.78, 5) is 25.5. The van der Waals surface area contributed by atoms with Crippen LogP contribution in [0.4, 0.5) is 0 Å². The van der Waals surface area contributed by atoms with Crippen LogP contribution in [0.25, 0.3) is 0 Å². The molecule has 0 heterocycles. The molecule has 24 heavy (non-hydrogen) atoms. The molecule has 0 atom stereocenters. The van der Waals surface area contributed by atoms with Crippen molar-refractivity contribution in [1.29, 1.82) is 0 Å². The quantitative estimate of drug-likeness (QED) is 0.626. The number of rotatable bonds is 9. The lowest BCUT2D eigenvalue weighted by atomic mass is 10.2. The third kappa shape index (κ3) is 6.87. The second-order valence-electron chi connectivity index (χ2n) is 4.92. The molecule has 0 saturated heterocycles. The molecule has 0 aliphatic rings. The Morgan fingerprint density at radius 2 is 1.62 bits per heavy atom. The SMILES string of the molecule is C#CCNC(=O)CN(CC(=O)NCC#C)Cc1ccccc1OC. The summed E-state index contributed by atoms with van der Waals surface area (Å²) in [6.07, 6.45) is 10.3. The van der Waals surface area contributed by atoms with Gasteiger partial charge in [-0.3, -0.25) is 14.5 Å². The predicted molar refractivity (Wildman–Crippen MR) is 92.0 cm³/mol. The average molecular weight is 327 g/mol. The summed E-state index contributed by atoms with van der Waals surface area (Å²) >= 11 is 0. The largest absolute Gasteiger partial charge is 0.496 e. The first-order valence-corrected chi connectivity index (χ1v) is 7.35.